The molecule has 2 rings (SSSR count). The SMILES string of the molecule is CCC(C)(CCCNS(=O)(=O)c1cc(OC)ccc1OC)C1OCCO1. The maximum absolute atomic E-state index is 12.6. The lowest BCUT2D eigenvalue weighted by Crippen LogP contribution is -2.34. The van der Waals surface area contributed by atoms with Gasteiger partial charge in [0.1, 0.15) is 16.4 Å². The first-order chi connectivity index (χ1) is 12.4. The van der Waals surface area contributed by atoms with Gasteiger partial charge in [0.25, 0.3) is 0 Å². The van der Waals surface area contributed by atoms with Crippen LogP contribution >= 0.6 is 0 Å². The summed E-state index contributed by atoms with van der Waals surface area (Å²) in [6, 6.07) is 4.69. The van der Waals surface area contributed by atoms with Crippen LogP contribution in [0.3, 0.4) is 0 Å². The van der Waals surface area contributed by atoms with Crippen LogP contribution in [0.4, 0.5) is 0 Å². The van der Waals surface area contributed by atoms with Crippen LogP contribution in [0, 0.1) is 5.41 Å². The van der Waals surface area contributed by atoms with Gasteiger partial charge in [-0.15, -0.1) is 0 Å². The molecule has 1 N–H and O–H groups in total. The van der Waals surface area contributed by atoms with Gasteiger partial charge in [-0.2, -0.15) is 0 Å². The average Bonchev–Trinajstić information content (AvgIpc) is 3.20. The van der Waals surface area contributed by atoms with Crippen LogP contribution in [0.15, 0.2) is 23.1 Å². The van der Waals surface area contributed by atoms with Crippen LogP contribution in [0.2, 0.25) is 0 Å². The fourth-order valence-electron chi connectivity index (χ4n) is 2.99. The van der Waals surface area contributed by atoms with E-state index in [1.54, 1.807) is 12.1 Å². The maximum atomic E-state index is 12.6. The second kappa shape index (κ2) is 9.03. The zero-order valence-corrected chi connectivity index (χ0v) is 16.7. The van der Waals surface area contributed by atoms with Gasteiger partial charge in [0, 0.05) is 18.0 Å². The summed E-state index contributed by atoms with van der Waals surface area (Å²) in [4.78, 5) is 0.0695. The molecule has 1 aliphatic rings. The van der Waals surface area contributed by atoms with Crippen molar-refractivity contribution in [1.29, 1.82) is 0 Å². The van der Waals surface area contributed by atoms with Crippen LogP contribution in [-0.4, -0.2) is 48.7 Å². The summed E-state index contributed by atoms with van der Waals surface area (Å²) in [7, 11) is -0.767. The Morgan fingerprint density at radius 2 is 1.92 bits per heavy atom. The minimum absolute atomic E-state index is 0.0695. The van der Waals surface area contributed by atoms with E-state index in [4.69, 9.17) is 18.9 Å². The van der Waals surface area contributed by atoms with Crippen LogP contribution in [-0.2, 0) is 19.5 Å². The number of hydrogen-bond donors (Lipinski definition) is 1. The quantitative estimate of drug-likeness (QED) is 0.621. The van der Waals surface area contributed by atoms with Crippen molar-refractivity contribution >= 4 is 10.0 Å². The fraction of sp³-hybridized carbons (Fsp3) is 0.667. The summed E-state index contributed by atoms with van der Waals surface area (Å²) >= 11 is 0. The summed E-state index contributed by atoms with van der Waals surface area (Å²) < 4.78 is 49.5. The average molecular weight is 387 g/mol. The Balaban J connectivity index is 1.98. The molecule has 1 aromatic carbocycles. The Bertz CT molecular complexity index is 687. The standard InChI is InChI=1S/C18H29NO6S/c1-5-18(2,17-24-11-12-25-17)9-6-10-19-26(20,21)16-13-14(22-3)7-8-15(16)23-4/h7-8,13,17,19H,5-6,9-12H2,1-4H3. The number of sulfonamides is 1. The topological polar surface area (TPSA) is 83.1 Å². The summed E-state index contributed by atoms with van der Waals surface area (Å²) in [5.74, 6) is 0.740. The molecule has 1 saturated heterocycles. The molecule has 1 heterocycles. The van der Waals surface area contributed by atoms with Crippen LogP contribution in [0.25, 0.3) is 0 Å². The molecule has 0 amide bonds. The van der Waals surface area contributed by atoms with E-state index in [9.17, 15) is 8.42 Å². The Morgan fingerprint density at radius 3 is 2.50 bits per heavy atom. The smallest absolute Gasteiger partial charge is 0.244 e. The lowest BCUT2D eigenvalue weighted by Gasteiger charge is -2.33. The van der Waals surface area contributed by atoms with Gasteiger partial charge in [-0.25, -0.2) is 13.1 Å². The lowest BCUT2D eigenvalue weighted by atomic mass is 9.82. The van der Waals surface area contributed by atoms with E-state index < -0.39 is 10.0 Å². The Hall–Kier alpha value is -1.35. The molecule has 0 aromatic heterocycles. The van der Waals surface area contributed by atoms with E-state index in [0.29, 0.717) is 31.9 Å². The van der Waals surface area contributed by atoms with Crippen molar-refractivity contribution < 1.29 is 27.4 Å². The monoisotopic (exact) mass is 387 g/mol. The van der Waals surface area contributed by atoms with Crippen molar-refractivity contribution in [3.63, 3.8) is 0 Å². The maximum Gasteiger partial charge on any atom is 0.244 e. The molecule has 0 spiro atoms. The molecule has 0 aliphatic carbocycles. The molecule has 1 aromatic rings. The summed E-state index contributed by atoms with van der Waals surface area (Å²) in [6.07, 6.45) is 2.15. The molecular formula is C18H29NO6S. The molecule has 26 heavy (non-hydrogen) atoms. The van der Waals surface area contributed by atoms with E-state index in [1.807, 2.05) is 0 Å². The molecule has 8 heteroatoms. The van der Waals surface area contributed by atoms with Gasteiger partial charge in [0.05, 0.1) is 27.4 Å². The van der Waals surface area contributed by atoms with Gasteiger partial charge in [-0.3, -0.25) is 0 Å². The number of rotatable bonds is 10. The third kappa shape index (κ3) is 4.88. The third-order valence-electron chi connectivity index (χ3n) is 4.88. The number of benzene rings is 1. The van der Waals surface area contributed by atoms with Gasteiger partial charge in [0.2, 0.25) is 10.0 Å². The predicted molar refractivity (Wildman–Crippen MR) is 98.1 cm³/mol. The van der Waals surface area contributed by atoms with Crippen LogP contribution in [0.5, 0.6) is 11.5 Å². The van der Waals surface area contributed by atoms with Crippen LogP contribution in [0.1, 0.15) is 33.1 Å². The lowest BCUT2D eigenvalue weighted by molar-refractivity contribution is -0.131. The fourth-order valence-corrected chi connectivity index (χ4v) is 4.25. The normalized spacial score (nSPS) is 17.8. The largest absolute Gasteiger partial charge is 0.497 e. The number of ether oxygens (including phenoxy) is 4. The highest BCUT2D eigenvalue weighted by atomic mass is 32.2. The van der Waals surface area contributed by atoms with E-state index >= 15 is 0 Å². The van der Waals surface area contributed by atoms with E-state index in [2.05, 4.69) is 18.6 Å². The molecule has 0 bridgehead atoms. The Labute approximate surface area is 156 Å². The zero-order valence-electron chi connectivity index (χ0n) is 15.9. The first kappa shape index (κ1) is 21.0. The van der Waals surface area contributed by atoms with Crippen molar-refractivity contribution in [2.45, 2.75) is 44.3 Å². The molecular weight excluding hydrogens is 358 g/mol. The predicted octanol–water partition coefficient (Wildman–Crippen LogP) is 2.55. The molecule has 0 radical (unpaired) electrons. The Kier molecular flexibility index (Phi) is 7.28. The molecule has 1 aliphatic heterocycles. The van der Waals surface area contributed by atoms with E-state index in [-0.39, 0.29) is 22.4 Å². The summed E-state index contributed by atoms with van der Waals surface area (Å²) in [5, 5.41) is 0. The number of hydrogen-bond acceptors (Lipinski definition) is 6. The third-order valence-corrected chi connectivity index (χ3v) is 6.36. The molecule has 148 valence electrons. The van der Waals surface area contributed by atoms with Crippen LogP contribution < -0.4 is 14.2 Å². The van der Waals surface area contributed by atoms with Crippen molar-refractivity contribution in [2.24, 2.45) is 5.41 Å². The van der Waals surface area contributed by atoms with Crippen molar-refractivity contribution in [3.05, 3.63) is 18.2 Å². The van der Waals surface area contributed by atoms with E-state index in [0.717, 1.165) is 12.8 Å². The molecule has 1 unspecified atom stereocenters. The minimum atomic E-state index is -3.70. The molecule has 7 nitrogen and oxygen atoms in total. The van der Waals surface area contributed by atoms with Crippen molar-refractivity contribution in [2.75, 3.05) is 34.0 Å². The second-order valence-electron chi connectivity index (χ2n) is 6.60. The highest BCUT2D eigenvalue weighted by Gasteiger charge is 2.36. The van der Waals surface area contributed by atoms with Crippen molar-refractivity contribution in [3.8, 4) is 11.5 Å². The minimum Gasteiger partial charge on any atom is -0.497 e. The molecule has 0 saturated carbocycles. The van der Waals surface area contributed by atoms with Gasteiger partial charge >= 0.3 is 0 Å². The van der Waals surface area contributed by atoms with Gasteiger partial charge in [-0.1, -0.05) is 13.8 Å². The summed E-state index contributed by atoms with van der Waals surface area (Å²) in [6.45, 7) is 5.76. The first-order valence-corrected chi connectivity index (χ1v) is 10.3. The number of methoxy groups -OCH3 is 2. The Morgan fingerprint density at radius 1 is 1.23 bits per heavy atom. The van der Waals surface area contributed by atoms with Gasteiger partial charge in [-0.05, 0) is 31.4 Å². The highest BCUT2D eigenvalue weighted by molar-refractivity contribution is 7.89. The van der Waals surface area contributed by atoms with Gasteiger partial charge < -0.3 is 18.9 Å². The van der Waals surface area contributed by atoms with E-state index in [1.165, 1.54) is 20.3 Å². The zero-order chi connectivity index (χ0) is 19.2. The van der Waals surface area contributed by atoms with Crippen molar-refractivity contribution in [1.82, 2.24) is 4.72 Å². The first-order valence-electron chi connectivity index (χ1n) is 8.81. The highest BCUT2D eigenvalue weighted by Crippen LogP contribution is 2.36. The summed E-state index contributed by atoms with van der Waals surface area (Å²) in [5.41, 5.74) is -0.129. The molecule has 1 fully saturated rings. The second-order valence-corrected chi connectivity index (χ2v) is 8.33. The number of nitrogens with one attached hydrogen (secondary N) is 1. The van der Waals surface area contributed by atoms with Gasteiger partial charge in [0.15, 0.2) is 6.29 Å². The molecule has 1 atom stereocenters.